The van der Waals surface area contributed by atoms with Gasteiger partial charge in [0.05, 0.1) is 0 Å². The molecule has 1 aromatic heterocycles. The second kappa shape index (κ2) is 17.3. The van der Waals surface area contributed by atoms with Crippen LogP contribution in [0.25, 0.3) is 6.08 Å². The first-order valence-corrected chi connectivity index (χ1v) is 14.1. The van der Waals surface area contributed by atoms with E-state index in [0.29, 0.717) is 37.4 Å². The number of hydrogen-bond donors (Lipinski definition) is 1. The Hall–Kier alpha value is -2.38. The van der Waals surface area contributed by atoms with Crippen LogP contribution in [0, 0.1) is 12.8 Å². The molecule has 0 amide bonds. The zero-order chi connectivity index (χ0) is 28.7. The Labute approximate surface area is 231 Å². The van der Waals surface area contributed by atoms with Crippen molar-refractivity contribution in [3.63, 3.8) is 0 Å². The van der Waals surface area contributed by atoms with Crippen LogP contribution in [0.15, 0.2) is 25.4 Å². The van der Waals surface area contributed by atoms with Crippen LogP contribution in [0.4, 0.5) is 0 Å². The quantitative estimate of drug-likeness (QED) is 0.253. The predicted octanol–water partition coefficient (Wildman–Crippen LogP) is 5.96. The molecule has 2 saturated heterocycles. The number of aromatic amines is 1. The van der Waals surface area contributed by atoms with Crippen molar-refractivity contribution in [3.8, 4) is 0 Å². The normalized spacial score (nSPS) is 18.2. The third-order valence-electron chi connectivity index (χ3n) is 7.21. The molecule has 1 aromatic rings. The molecule has 0 aromatic carbocycles. The van der Waals surface area contributed by atoms with E-state index in [1.165, 1.54) is 29.7 Å². The fraction of sp³-hybridized carbons (Fsp3) is 0.677. The molecule has 1 N–H and O–H groups in total. The lowest BCUT2D eigenvalue weighted by molar-refractivity contribution is -0.146. The SMILES string of the molecule is C=CC.C=Cc1c(C2CCN(C(COC(=O)CC)C3CCN(C)CC3)CC2)c[nH]c1C.CC(C)(C)OC=O. The molecule has 7 nitrogen and oxygen atoms in total. The molecule has 0 saturated carbocycles. The van der Waals surface area contributed by atoms with Crippen molar-refractivity contribution >= 4 is 18.5 Å². The van der Waals surface area contributed by atoms with Crippen LogP contribution in [-0.4, -0.2) is 78.7 Å². The third kappa shape index (κ3) is 11.6. The average Bonchev–Trinajstić information content (AvgIpc) is 3.25. The van der Waals surface area contributed by atoms with Crippen molar-refractivity contribution in [2.24, 2.45) is 5.92 Å². The van der Waals surface area contributed by atoms with Gasteiger partial charge in [-0.2, -0.15) is 0 Å². The van der Waals surface area contributed by atoms with Gasteiger partial charge in [-0.1, -0.05) is 25.7 Å². The summed E-state index contributed by atoms with van der Waals surface area (Å²) in [6.45, 7) is 24.1. The maximum absolute atomic E-state index is 11.8. The van der Waals surface area contributed by atoms with Gasteiger partial charge in [-0.15, -0.1) is 6.58 Å². The highest BCUT2D eigenvalue weighted by Gasteiger charge is 2.34. The standard InChI is InChI=1S/C23H37N3O2.C5H10O2.C3H6/c1-5-20-17(3)24-15-21(20)18-9-13-26(14-10-18)22(16-28-23(27)6-2)19-7-11-25(4)12-8-19;1-5(2,3)7-4-6;1-3-2/h5,15,18-19,22,24H,1,6-14,16H2,2-4H3;4H,1-3H3;3H,1H2,2H3. The van der Waals surface area contributed by atoms with Gasteiger partial charge < -0.3 is 19.4 Å². The van der Waals surface area contributed by atoms with Crippen LogP contribution < -0.4 is 0 Å². The topological polar surface area (TPSA) is 74.9 Å². The molecule has 0 bridgehead atoms. The summed E-state index contributed by atoms with van der Waals surface area (Å²) in [5.74, 6) is 1.13. The number of esters is 1. The number of H-pyrrole nitrogens is 1. The van der Waals surface area contributed by atoms with Crippen molar-refractivity contribution < 1.29 is 19.1 Å². The number of nitrogens with zero attached hydrogens (tertiary/aromatic N) is 2. The maximum atomic E-state index is 11.8. The minimum Gasteiger partial charge on any atom is -0.464 e. The van der Waals surface area contributed by atoms with Crippen molar-refractivity contribution in [2.75, 3.05) is 39.8 Å². The summed E-state index contributed by atoms with van der Waals surface area (Å²) < 4.78 is 10.2. The number of piperidine rings is 2. The van der Waals surface area contributed by atoms with Gasteiger partial charge in [0.15, 0.2) is 0 Å². The summed E-state index contributed by atoms with van der Waals surface area (Å²) in [7, 11) is 2.20. The number of hydrogen-bond acceptors (Lipinski definition) is 6. The van der Waals surface area contributed by atoms with E-state index >= 15 is 0 Å². The van der Waals surface area contributed by atoms with Crippen molar-refractivity contribution in [3.05, 3.63) is 42.3 Å². The number of rotatable bonds is 8. The summed E-state index contributed by atoms with van der Waals surface area (Å²) in [5, 5.41) is 0. The van der Waals surface area contributed by atoms with Gasteiger partial charge in [0, 0.05) is 24.4 Å². The largest absolute Gasteiger partial charge is 0.464 e. The van der Waals surface area contributed by atoms with E-state index in [9.17, 15) is 9.59 Å². The maximum Gasteiger partial charge on any atom is 0.305 e. The third-order valence-corrected chi connectivity index (χ3v) is 7.21. The molecule has 1 unspecified atom stereocenters. The Morgan fingerprint density at radius 1 is 1.16 bits per heavy atom. The van der Waals surface area contributed by atoms with Gasteiger partial charge in [-0.25, -0.2) is 0 Å². The number of carbonyl (C=O) groups excluding carboxylic acids is 2. The fourth-order valence-electron chi connectivity index (χ4n) is 5.09. The first-order chi connectivity index (χ1) is 18.0. The van der Waals surface area contributed by atoms with E-state index in [0.717, 1.165) is 39.0 Å². The molecule has 2 aliphatic rings. The van der Waals surface area contributed by atoms with E-state index in [2.05, 4.69) is 52.8 Å². The van der Waals surface area contributed by atoms with Crippen molar-refractivity contribution in [2.45, 2.75) is 91.2 Å². The van der Waals surface area contributed by atoms with Crippen LogP contribution in [0.5, 0.6) is 0 Å². The molecule has 0 spiro atoms. The Bertz CT molecular complexity index is 842. The van der Waals surface area contributed by atoms with Crippen LogP contribution in [-0.2, 0) is 19.1 Å². The summed E-state index contributed by atoms with van der Waals surface area (Å²) in [6.07, 6.45) is 11.1. The van der Waals surface area contributed by atoms with Gasteiger partial charge >= 0.3 is 5.97 Å². The van der Waals surface area contributed by atoms with Gasteiger partial charge in [-0.3, -0.25) is 14.5 Å². The molecular formula is C31H53N3O4. The summed E-state index contributed by atoms with van der Waals surface area (Å²) in [5.41, 5.74) is 3.59. The van der Waals surface area contributed by atoms with Crippen LogP contribution >= 0.6 is 0 Å². The number of nitrogens with one attached hydrogen (secondary N) is 1. The second-order valence-corrected chi connectivity index (χ2v) is 11.3. The highest BCUT2D eigenvalue weighted by molar-refractivity contribution is 5.68. The lowest BCUT2D eigenvalue weighted by Gasteiger charge is -2.43. The number of aromatic nitrogens is 1. The fourth-order valence-corrected chi connectivity index (χ4v) is 5.09. The Morgan fingerprint density at radius 2 is 1.74 bits per heavy atom. The number of carbonyl (C=O) groups is 2. The zero-order valence-electron chi connectivity index (χ0n) is 25.1. The monoisotopic (exact) mass is 531 g/mol. The van der Waals surface area contributed by atoms with E-state index in [1.54, 1.807) is 6.08 Å². The van der Waals surface area contributed by atoms with E-state index in [4.69, 9.17) is 4.74 Å². The molecule has 1 atom stereocenters. The second-order valence-electron chi connectivity index (χ2n) is 11.3. The van der Waals surface area contributed by atoms with Crippen LogP contribution in [0.3, 0.4) is 0 Å². The summed E-state index contributed by atoms with van der Waals surface area (Å²) in [4.78, 5) is 29.8. The van der Waals surface area contributed by atoms with Crippen LogP contribution in [0.2, 0.25) is 0 Å². The first kappa shape index (κ1) is 33.6. The van der Waals surface area contributed by atoms with E-state index in [1.807, 2.05) is 40.7 Å². The molecular weight excluding hydrogens is 478 g/mol. The minimum absolute atomic E-state index is 0.0776. The highest BCUT2D eigenvalue weighted by atomic mass is 16.5. The number of allylic oxidation sites excluding steroid dienone is 1. The minimum atomic E-state index is -0.318. The molecule has 2 fully saturated rings. The molecule has 2 aliphatic heterocycles. The molecule has 3 heterocycles. The smallest absolute Gasteiger partial charge is 0.305 e. The number of aryl methyl sites for hydroxylation is 1. The molecule has 3 rings (SSSR count). The number of ether oxygens (including phenoxy) is 2. The molecule has 38 heavy (non-hydrogen) atoms. The summed E-state index contributed by atoms with van der Waals surface area (Å²) >= 11 is 0. The Balaban J connectivity index is 0.000000618. The first-order valence-electron chi connectivity index (χ1n) is 14.1. The average molecular weight is 532 g/mol. The zero-order valence-corrected chi connectivity index (χ0v) is 25.1. The lowest BCUT2D eigenvalue weighted by Crippen LogP contribution is -2.50. The number of likely N-dealkylation sites (tertiary alicyclic amines) is 2. The van der Waals surface area contributed by atoms with Crippen molar-refractivity contribution in [1.82, 2.24) is 14.8 Å². The molecule has 216 valence electrons. The Morgan fingerprint density at radius 3 is 2.18 bits per heavy atom. The van der Waals surface area contributed by atoms with Gasteiger partial charge in [0.1, 0.15) is 12.2 Å². The predicted molar refractivity (Wildman–Crippen MR) is 157 cm³/mol. The van der Waals surface area contributed by atoms with E-state index < -0.39 is 0 Å². The van der Waals surface area contributed by atoms with Gasteiger partial charge in [0.2, 0.25) is 0 Å². The molecule has 0 aliphatic carbocycles. The highest BCUT2D eigenvalue weighted by Crippen LogP contribution is 2.34. The van der Waals surface area contributed by atoms with Gasteiger partial charge in [0.25, 0.3) is 6.47 Å². The van der Waals surface area contributed by atoms with Crippen LogP contribution in [0.1, 0.15) is 89.5 Å². The van der Waals surface area contributed by atoms with E-state index in [-0.39, 0.29) is 11.6 Å². The van der Waals surface area contributed by atoms with Crippen molar-refractivity contribution in [1.29, 1.82) is 0 Å². The van der Waals surface area contributed by atoms with Gasteiger partial charge in [-0.05, 0) is 116 Å². The molecule has 7 heteroatoms. The summed E-state index contributed by atoms with van der Waals surface area (Å²) in [6, 6.07) is 0.358. The molecule has 0 radical (unpaired) electrons. The lowest BCUT2D eigenvalue weighted by atomic mass is 9.84. The Kier molecular flexibility index (Phi) is 15.3.